The zero-order valence-electron chi connectivity index (χ0n) is 6.90. The Hall–Kier alpha value is -1.56. The Kier molecular flexibility index (Phi) is 1.90. The lowest BCUT2D eigenvalue weighted by atomic mass is 10.5. The molecule has 0 aromatic carbocycles. The van der Waals surface area contributed by atoms with Gasteiger partial charge in [-0.15, -0.1) is 0 Å². The van der Waals surface area contributed by atoms with Gasteiger partial charge in [-0.2, -0.15) is 0 Å². The van der Waals surface area contributed by atoms with Crippen molar-refractivity contribution in [3.63, 3.8) is 0 Å². The van der Waals surface area contributed by atoms with Gasteiger partial charge in [-0.05, 0) is 6.42 Å². The Morgan fingerprint density at radius 3 is 3.00 bits per heavy atom. The maximum Gasteiger partial charge on any atom is 0.434 e. The van der Waals surface area contributed by atoms with Crippen molar-refractivity contribution >= 4 is 11.8 Å². The van der Waals surface area contributed by atoms with Gasteiger partial charge in [0.25, 0.3) is 0 Å². The van der Waals surface area contributed by atoms with E-state index in [1.165, 1.54) is 6.07 Å². The van der Waals surface area contributed by atoms with Crippen LogP contribution in [0.25, 0.3) is 0 Å². The van der Waals surface area contributed by atoms with Crippen LogP contribution in [-0.2, 0) is 0 Å². The average Bonchev–Trinajstić information content (AvgIpc) is 2.75. The third kappa shape index (κ3) is 1.48. The number of hydrogen-bond donors (Lipinski definition) is 1. The molecule has 1 saturated heterocycles. The number of hydrazine groups is 1. The number of rotatable bonds is 2. The van der Waals surface area contributed by atoms with Gasteiger partial charge in [0.1, 0.15) is 4.92 Å². The molecule has 0 atom stereocenters. The average molecular weight is 183 g/mol. The van der Waals surface area contributed by atoms with Crippen molar-refractivity contribution in [1.82, 2.24) is 5.43 Å². The van der Waals surface area contributed by atoms with Crippen molar-refractivity contribution in [3.8, 4) is 0 Å². The molecule has 0 amide bonds. The van der Waals surface area contributed by atoms with E-state index >= 15 is 0 Å². The minimum Gasteiger partial charge on any atom is -0.383 e. The van der Waals surface area contributed by atoms with E-state index in [2.05, 4.69) is 5.43 Å². The molecule has 0 radical (unpaired) electrons. The van der Waals surface area contributed by atoms with Crippen LogP contribution in [0.2, 0.25) is 0 Å². The monoisotopic (exact) mass is 183 g/mol. The van der Waals surface area contributed by atoms with Crippen molar-refractivity contribution < 1.29 is 9.34 Å². The van der Waals surface area contributed by atoms with Crippen molar-refractivity contribution in [2.24, 2.45) is 0 Å². The number of nitrogens with zero attached hydrogens (tertiary/aromatic N) is 2. The summed E-state index contributed by atoms with van der Waals surface area (Å²) in [4.78, 5) is 9.76. The molecule has 1 aliphatic heterocycles. The third-order valence-corrected chi connectivity index (χ3v) is 1.88. The zero-order valence-corrected chi connectivity index (χ0v) is 6.90. The van der Waals surface area contributed by atoms with Crippen LogP contribution in [0.1, 0.15) is 6.42 Å². The SMILES string of the molecule is O=[N+]([O-])c1ccc(N2CCCN2)o1. The Morgan fingerprint density at radius 2 is 2.46 bits per heavy atom. The fraction of sp³-hybridized carbons (Fsp3) is 0.429. The van der Waals surface area contributed by atoms with Crippen LogP contribution in [-0.4, -0.2) is 18.0 Å². The molecule has 2 heterocycles. The quantitative estimate of drug-likeness (QED) is 0.544. The summed E-state index contributed by atoms with van der Waals surface area (Å²) in [5.74, 6) is 0.285. The normalized spacial score (nSPS) is 16.5. The molecule has 1 aromatic heterocycles. The molecule has 6 heteroatoms. The lowest BCUT2D eigenvalue weighted by Crippen LogP contribution is -2.29. The minimum atomic E-state index is -0.542. The van der Waals surface area contributed by atoms with E-state index in [-0.39, 0.29) is 5.88 Å². The molecular weight excluding hydrogens is 174 g/mol. The highest BCUT2D eigenvalue weighted by Crippen LogP contribution is 2.23. The molecule has 2 rings (SSSR count). The van der Waals surface area contributed by atoms with Gasteiger partial charge < -0.3 is 4.42 Å². The lowest BCUT2D eigenvalue weighted by Gasteiger charge is -2.12. The number of anilines is 1. The first-order chi connectivity index (χ1) is 6.27. The van der Waals surface area contributed by atoms with E-state index in [0.29, 0.717) is 5.88 Å². The van der Waals surface area contributed by atoms with Crippen molar-refractivity contribution in [1.29, 1.82) is 0 Å². The molecule has 70 valence electrons. The van der Waals surface area contributed by atoms with E-state index in [1.807, 2.05) is 0 Å². The minimum absolute atomic E-state index is 0.219. The van der Waals surface area contributed by atoms with Crippen LogP contribution in [0.4, 0.5) is 11.8 Å². The number of furan rings is 1. The van der Waals surface area contributed by atoms with Gasteiger partial charge in [0.05, 0.1) is 6.07 Å². The molecule has 1 fully saturated rings. The van der Waals surface area contributed by atoms with Gasteiger partial charge in [0, 0.05) is 19.2 Å². The maximum atomic E-state index is 10.3. The first-order valence-electron chi connectivity index (χ1n) is 4.02. The summed E-state index contributed by atoms with van der Waals surface area (Å²) >= 11 is 0. The molecule has 0 aliphatic carbocycles. The second-order valence-corrected chi connectivity index (χ2v) is 2.78. The molecule has 1 N–H and O–H groups in total. The first-order valence-corrected chi connectivity index (χ1v) is 4.02. The van der Waals surface area contributed by atoms with Crippen molar-refractivity contribution in [2.75, 3.05) is 18.1 Å². The van der Waals surface area contributed by atoms with Crippen LogP contribution < -0.4 is 10.4 Å². The van der Waals surface area contributed by atoms with Crippen LogP contribution in [0.3, 0.4) is 0 Å². The van der Waals surface area contributed by atoms with Crippen LogP contribution >= 0.6 is 0 Å². The topological polar surface area (TPSA) is 71.6 Å². The summed E-state index contributed by atoms with van der Waals surface area (Å²) in [5, 5.41) is 12.1. The molecule has 1 aromatic rings. The molecule has 13 heavy (non-hydrogen) atoms. The summed E-state index contributed by atoms with van der Waals surface area (Å²) < 4.78 is 4.99. The van der Waals surface area contributed by atoms with Gasteiger partial charge in [0.2, 0.25) is 5.88 Å². The first kappa shape index (κ1) is 8.06. The Balaban J connectivity index is 2.16. The van der Waals surface area contributed by atoms with Gasteiger partial charge >= 0.3 is 5.88 Å². The van der Waals surface area contributed by atoms with Crippen LogP contribution in [0.15, 0.2) is 16.5 Å². The molecule has 0 unspecified atom stereocenters. The molecular formula is C7H9N3O3. The van der Waals surface area contributed by atoms with E-state index in [1.54, 1.807) is 11.1 Å². The van der Waals surface area contributed by atoms with Crippen LogP contribution in [0, 0.1) is 10.1 Å². The Morgan fingerprint density at radius 1 is 1.62 bits per heavy atom. The van der Waals surface area contributed by atoms with Gasteiger partial charge in [-0.3, -0.25) is 15.1 Å². The summed E-state index contributed by atoms with van der Waals surface area (Å²) in [5.41, 5.74) is 3.04. The highest BCUT2D eigenvalue weighted by atomic mass is 16.6. The van der Waals surface area contributed by atoms with Crippen molar-refractivity contribution in [2.45, 2.75) is 6.42 Å². The maximum absolute atomic E-state index is 10.3. The zero-order chi connectivity index (χ0) is 9.26. The van der Waals surface area contributed by atoms with E-state index in [0.717, 1.165) is 19.5 Å². The fourth-order valence-electron chi connectivity index (χ4n) is 1.28. The van der Waals surface area contributed by atoms with Crippen molar-refractivity contribution in [3.05, 3.63) is 22.2 Å². The molecule has 6 nitrogen and oxygen atoms in total. The third-order valence-electron chi connectivity index (χ3n) is 1.88. The Bertz CT molecular complexity index is 317. The van der Waals surface area contributed by atoms with Gasteiger partial charge in [-0.1, -0.05) is 0 Å². The molecule has 0 bridgehead atoms. The van der Waals surface area contributed by atoms with E-state index < -0.39 is 4.92 Å². The van der Waals surface area contributed by atoms with E-state index in [9.17, 15) is 10.1 Å². The Labute approximate surface area is 74.2 Å². The summed E-state index contributed by atoms with van der Waals surface area (Å²) in [6.45, 7) is 1.71. The van der Waals surface area contributed by atoms with Gasteiger partial charge in [-0.25, -0.2) is 5.43 Å². The molecule has 0 spiro atoms. The lowest BCUT2D eigenvalue weighted by molar-refractivity contribution is -0.401. The summed E-state index contributed by atoms with van der Waals surface area (Å²) in [7, 11) is 0. The fourth-order valence-corrected chi connectivity index (χ4v) is 1.28. The largest absolute Gasteiger partial charge is 0.434 e. The highest BCUT2D eigenvalue weighted by molar-refractivity contribution is 5.39. The van der Waals surface area contributed by atoms with Crippen LogP contribution in [0.5, 0.6) is 0 Å². The second kappa shape index (κ2) is 3.06. The summed E-state index contributed by atoms with van der Waals surface area (Å²) in [6, 6.07) is 2.95. The number of nitro groups is 1. The number of hydrogen-bond acceptors (Lipinski definition) is 5. The van der Waals surface area contributed by atoms with Gasteiger partial charge in [0.15, 0.2) is 0 Å². The standard InChI is InChI=1S/C7H9N3O3/c11-10(12)7-3-2-6(13-7)9-5-1-4-8-9/h2-3,8H,1,4-5H2. The molecule has 0 saturated carbocycles. The summed E-state index contributed by atoms with van der Waals surface area (Å²) in [6.07, 6.45) is 1.02. The predicted octanol–water partition coefficient (Wildman–Crippen LogP) is 0.902. The second-order valence-electron chi connectivity index (χ2n) is 2.78. The molecule has 1 aliphatic rings. The highest BCUT2D eigenvalue weighted by Gasteiger charge is 2.18. The smallest absolute Gasteiger partial charge is 0.383 e. The van der Waals surface area contributed by atoms with E-state index in [4.69, 9.17) is 4.42 Å². The number of nitrogens with one attached hydrogen (secondary N) is 1. The predicted molar refractivity (Wildman–Crippen MR) is 45.3 cm³/mol.